The lowest BCUT2D eigenvalue weighted by Crippen LogP contribution is -2.57. The first-order valence-corrected chi connectivity index (χ1v) is 14.8. The predicted molar refractivity (Wildman–Crippen MR) is 163 cm³/mol. The highest BCUT2D eigenvalue weighted by molar-refractivity contribution is 5.93. The average molecular weight is 568 g/mol. The summed E-state index contributed by atoms with van der Waals surface area (Å²) in [6.07, 6.45) is 4.55. The SMILES string of the molecule is CC.CN.COc1ccc(CCNC(=O)C2CCC3CCC(CN)C(NC(=O)CCc4ccccc4)C(=O)N32)cc1. The van der Waals surface area contributed by atoms with E-state index in [9.17, 15) is 14.4 Å². The summed E-state index contributed by atoms with van der Waals surface area (Å²) < 4.78 is 5.19. The zero-order valence-corrected chi connectivity index (χ0v) is 25.1. The van der Waals surface area contributed by atoms with Crippen LogP contribution in [0.4, 0.5) is 0 Å². The first-order chi connectivity index (χ1) is 20.0. The number of carbonyl (C=O) groups excluding carboxylic acids is 3. The Labute approximate surface area is 245 Å². The number of aryl methyl sites for hydroxylation is 1. The van der Waals surface area contributed by atoms with E-state index >= 15 is 0 Å². The molecule has 9 heteroatoms. The highest BCUT2D eigenvalue weighted by Crippen LogP contribution is 2.33. The largest absolute Gasteiger partial charge is 0.497 e. The Bertz CT molecular complexity index is 1060. The molecule has 0 radical (unpaired) electrons. The number of amides is 3. The molecular weight excluding hydrogens is 518 g/mol. The summed E-state index contributed by atoms with van der Waals surface area (Å²) in [7, 11) is 3.13. The Morgan fingerprint density at radius 1 is 0.927 bits per heavy atom. The van der Waals surface area contributed by atoms with Crippen molar-refractivity contribution >= 4 is 17.7 Å². The van der Waals surface area contributed by atoms with E-state index in [1.54, 1.807) is 12.0 Å². The van der Waals surface area contributed by atoms with Gasteiger partial charge in [-0.1, -0.05) is 56.3 Å². The molecule has 0 aromatic heterocycles. The van der Waals surface area contributed by atoms with Crippen molar-refractivity contribution in [2.24, 2.45) is 17.4 Å². The Hall–Kier alpha value is -3.43. The number of nitrogens with one attached hydrogen (secondary N) is 2. The Kier molecular flexibility index (Phi) is 14.9. The van der Waals surface area contributed by atoms with E-state index in [1.165, 1.54) is 7.05 Å². The van der Waals surface area contributed by atoms with E-state index in [2.05, 4.69) is 16.4 Å². The number of hydrogen-bond acceptors (Lipinski definition) is 6. The Morgan fingerprint density at radius 3 is 2.20 bits per heavy atom. The van der Waals surface area contributed by atoms with E-state index in [-0.39, 0.29) is 29.7 Å². The lowest BCUT2D eigenvalue weighted by molar-refractivity contribution is -0.143. The van der Waals surface area contributed by atoms with Crippen LogP contribution in [-0.2, 0) is 27.2 Å². The number of hydrogen-bond donors (Lipinski definition) is 4. The number of nitrogens with two attached hydrogens (primary N) is 2. The monoisotopic (exact) mass is 567 g/mol. The molecule has 4 unspecified atom stereocenters. The molecule has 9 nitrogen and oxygen atoms in total. The van der Waals surface area contributed by atoms with Crippen molar-refractivity contribution in [1.82, 2.24) is 15.5 Å². The van der Waals surface area contributed by atoms with Crippen molar-refractivity contribution in [3.63, 3.8) is 0 Å². The highest BCUT2D eigenvalue weighted by Gasteiger charge is 2.47. The lowest BCUT2D eigenvalue weighted by Gasteiger charge is -2.32. The summed E-state index contributed by atoms with van der Waals surface area (Å²) in [5.41, 5.74) is 12.7. The van der Waals surface area contributed by atoms with Crippen LogP contribution < -0.4 is 26.8 Å². The number of carbonyl (C=O) groups is 3. The fourth-order valence-corrected chi connectivity index (χ4v) is 5.51. The first-order valence-electron chi connectivity index (χ1n) is 14.8. The molecule has 226 valence electrons. The Morgan fingerprint density at radius 2 is 1.56 bits per heavy atom. The van der Waals surface area contributed by atoms with Gasteiger partial charge in [-0.25, -0.2) is 0 Å². The van der Waals surface area contributed by atoms with E-state index in [1.807, 2.05) is 68.4 Å². The van der Waals surface area contributed by atoms with Gasteiger partial charge in [-0.3, -0.25) is 14.4 Å². The number of rotatable bonds is 10. The maximum atomic E-state index is 13.7. The number of methoxy groups -OCH3 is 1. The van der Waals surface area contributed by atoms with Gasteiger partial charge in [0, 0.05) is 24.9 Å². The molecule has 41 heavy (non-hydrogen) atoms. The minimum atomic E-state index is -0.703. The molecular formula is C32H49N5O4. The Balaban J connectivity index is 0.00000141. The minimum Gasteiger partial charge on any atom is -0.497 e. The molecule has 2 aliphatic rings. The van der Waals surface area contributed by atoms with Crippen LogP contribution in [0.1, 0.15) is 57.1 Å². The lowest BCUT2D eigenvalue weighted by atomic mass is 9.93. The smallest absolute Gasteiger partial charge is 0.246 e. The van der Waals surface area contributed by atoms with Gasteiger partial charge in [0.05, 0.1) is 7.11 Å². The van der Waals surface area contributed by atoms with Crippen molar-refractivity contribution in [2.45, 2.75) is 76.9 Å². The second-order valence-electron chi connectivity index (χ2n) is 9.99. The van der Waals surface area contributed by atoms with Crippen LogP contribution in [0.15, 0.2) is 54.6 Å². The average Bonchev–Trinajstić information content (AvgIpc) is 3.41. The third-order valence-corrected chi connectivity index (χ3v) is 7.64. The molecule has 0 aliphatic carbocycles. The van der Waals surface area contributed by atoms with Crippen LogP contribution >= 0.6 is 0 Å². The van der Waals surface area contributed by atoms with Crippen LogP contribution in [0.2, 0.25) is 0 Å². The topological polar surface area (TPSA) is 140 Å². The van der Waals surface area contributed by atoms with Crippen molar-refractivity contribution < 1.29 is 19.1 Å². The third kappa shape index (κ3) is 9.57. The van der Waals surface area contributed by atoms with Gasteiger partial charge in [0.25, 0.3) is 0 Å². The molecule has 2 fully saturated rings. The van der Waals surface area contributed by atoms with Crippen molar-refractivity contribution in [3.05, 3.63) is 65.7 Å². The van der Waals surface area contributed by atoms with Gasteiger partial charge in [-0.15, -0.1) is 0 Å². The number of ether oxygens (including phenoxy) is 1. The predicted octanol–water partition coefficient (Wildman–Crippen LogP) is 2.80. The van der Waals surface area contributed by atoms with E-state index in [4.69, 9.17) is 10.5 Å². The van der Waals surface area contributed by atoms with Crippen molar-refractivity contribution in [1.29, 1.82) is 0 Å². The molecule has 4 rings (SSSR count). The van der Waals surface area contributed by atoms with E-state index in [0.29, 0.717) is 38.8 Å². The normalized spacial score (nSPS) is 21.2. The summed E-state index contributed by atoms with van der Waals surface area (Å²) in [6.45, 7) is 4.80. The molecule has 0 bridgehead atoms. The van der Waals surface area contributed by atoms with Crippen LogP contribution in [0.5, 0.6) is 5.75 Å². The molecule has 2 saturated heterocycles. The summed E-state index contributed by atoms with van der Waals surface area (Å²) in [6, 6.07) is 16.3. The number of fused-ring (bicyclic) bond motifs is 1. The second-order valence-corrected chi connectivity index (χ2v) is 9.99. The van der Waals surface area contributed by atoms with Gasteiger partial charge in [-0.2, -0.15) is 0 Å². The van der Waals surface area contributed by atoms with Gasteiger partial charge in [0.2, 0.25) is 17.7 Å². The summed E-state index contributed by atoms with van der Waals surface area (Å²) >= 11 is 0. The molecule has 2 aromatic carbocycles. The number of nitrogens with zero attached hydrogens (tertiary/aromatic N) is 1. The zero-order chi connectivity index (χ0) is 30.2. The number of benzene rings is 2. The molecule has 2 aliphatic heterocycles. The summed E-state index contributed by atoms with van der Waals surface area (Å²) in [5, 5.41) is 5.99. The van der Waals surface area contributed by atoms with Crippen molar-refractivity contribution in [2.75, 3.05) is 27.2 Å². The molecule has 0 saturated carbocycles. The molecule has 2 heterocycles. The molecule has 6 N–H and O–H groups in total. The maximum Gasteiger partial charge on any atom is 0.246 e. The van der Waals surface area contributed by atoms with Crippen LogP contribution in [-0.4, -0.2) is 68.0 Å². The van der Waals surface area contributed by atoms with E-state index < -0.39 is 12.1 Å². The summed E-state index contributed by atoms with van der Waals surface area (Å²) in [5.74, 6) is 0.168. The molecule has 3 amide bonds. The zero-order valence-electron chi connectivity index (χ0n) is 25.1. The van der Waals surface area contributed by atoms with Crippen LogP contribution in [0.25, 0.3) is 0 Å². The van der Waals surface area contributed by atoms with Crippen LogP contribution in [0, 0.1) is 5.92 Å². The quantitative estimate of drug-likeness (QED) is 0.348. The molecule has 4 atom stereocenters. The fraction of sp³-hybridized carbons (Fsp3) is 0.531. The fourth-order valence-electron chi connectivity index (χ4n) is 5.51. The minimum absolute atomic E-state index is 0.00473. The third-order valence-electron chi connectivity index (χ3n) is 7.64. The van der Waals surface area contributed by atoms with Gasteiger partial charge in [0.15, 0.2) is 0 Å². The van der Waals surface area contributed by atoms with Gasteiger partial charge >= 0.3 is 0 Å². The molecule has 2 aromatic rings. The highest BCUT2D eigenvalue weighted by atomic mass is 16.5. The standard InChI is InChI=1S/C29H38N4O4.C2H6.CH5N/c1-37-24-13-7-21(8-14-24)17-18-31-28(35)25-15-12-23-11-10-22(19-30)27(29(36)33(23)25)32-26(34)16-9-20-5-3-2-4-6-20;2*1-2/h2-8,13-14,22-23,25,27H,9-12,15-19,30H2,1H3,(H,31,35)(H,32,34);1-2H3;2H2,1H3. The summed E-state index contributed by atoms with van der Waals surface area (Å²) in [4.78, 5) is 41.4. The van der Waals surface area contributed by atoms with E-state index in [0.717, 1.165) is 36.1 Å². The van der Waals surface area contributed by atoms with Gasteiger partial charge < -0.3 is 31.7 Å². The molecule has 0 spiro atoms. The maximum absolute atomic E-state index is 13.7. The first kappa shape index (κ1) is 33.8. The second kappa shape index (κ2) is 18.1. The van der Waals surface area contributed by atoms with Gasteiger partial charge in [0.1, 0.15) is 17.8 Å². The van der Waals surface area contributed by atoms with Gasteiger partial charge in [-0.05, 0) is 75.4 Å². The van der Waals surface area contributed by atoms with Crippen LogP contribution in [0.3, 0.4) is 0 Å². The van der Waals surface area contributed by atoms with Crippen molar-refractivity contribution in [3.8, 4) is 5.75 Å².